The summed E-state index contributed by atoms with van der Waals surface area (Å²) in [7, 11) is 0. The Bertz CT molecular complexity index is 494. The third-order valence-corrected chi connectivity index (χ3v) is 4.81. The maximum atomic E-state index is 12.2. The first-order valence-corrected chi connectivity index (χ1v) is 7.95. The molecule has 1 N–H and O–H groups in total. The summed E-state index contributed by atoms with van der Waals surface area (Å²) in [6.07, 6.45) is 0.735. The summed E-state index contributed by atoms with van der Waals surface area (Å²) in [5, 5.41) is 9.13. The zero-order valence-electron chi connectivity index (χ0n) is 11.9. The van der Waals surface area contributed by atoms with Crippen LogP contribution in [0.2, 0.25) is 0 Å². The fraction of sp³-hybridized carbons (Fsp3) is 0.467. The zero-order valence-corrected chi connectivity index (χ0v) is 12.7. The van der Waals surface area contributed by atoms with Gasteiger partial charge >= 0.3 is 5.97 Å². The Morgan fingerprint density at radius 3 is 2.71 bits per heavy atom. The number of hydrogen-bond acceptors (Lipinski definition) is 4. The highest BCUT2D eigenvalue weighted by molar-refractivity contribution is 8.00. The summed E-state index contributed by atoms with van der Waals surface area (Å²) < 4.78 is 5.42. The molecule has 21 heavy (non-hydrogen) atoms. The normalized spacial score (nSPS) is 21.5. The van der Waals surface area contributed by atoms with Crippen molar-refractivity contribution in [3.8, 4) is 0 Å². The zero-order chi connectivity index (χ0) is 15.2. The molecular formula is C15H19NO4S. The summed E-state index contributed by atoms with van der Waals surface area (Å²) in [4.78, 5) is 24.9. The molecule has 1 aliphatic heterocycles. The molecule has 1 saturated heterocycles. The minimum absolute atomic E-state index is 0.0704. The van der Waals surface area contributed by atoms with E-state index < -0.39 is 12.0 Å². The number of carbonyl (C=O) groups excluding carboxylic acids is 1. The van der Waals surface area contributed by atoms with Crippen LogP contribution in [0.15, 0.2) is 30.3 Å². The van der Waals surface area contributed by atoms with E-state index in [9.17, 15) is 14.7 Å². The number of carbonyl (C=O) groups is 2. The van der Waals surface area contributed by atoms with Crippen LogP contribution in [0.3, 0.4) is 0 Å². The lowest BCUT2D eigenvalue weighted by Gasteiger charge is -2.26. The molecule has 1 aliphatic rings. The van der Waals surface area contributed by atoms with Crippen molar-refractivity contribution in [2.24, 2.45) is 0 Å². The molecule has 1 amide bonds. The molecule has 6 heteroatoms. The quantitative estimate of drug-likeness (QED) is 0.870. The molecule has 2 unspecified atom stereocenters. The third kappa shape index (κ3) is 3.98. The van der Waals surface area contributed by atoms with Gasteiger partial charge in [0.2, 0.25) is 5.91 Å². The minimum Gasteiger partial charge on any atom is -0.480 e. The minimum atomic E-state index is -0.949. The van der Waals surface area contributed by atoms with E-state index in [1.165, 1.54) is 16.7 Å². The second-order valence-corrected chi connectivity index (χ2v) is 6.04. The molecule has 0 bridgehead atoms. The first-order chi connectivity index (χ1) is 10.1. The largest absolute Gasteiger partial charge is 0.480 e. The van der Waals surface area contributed by atoms with Gasteiger partial charge < -0.3 is 14.7 Å². The van der Waals surface area contributed by atoms with Gasteiger partial charge in [-0.1, -0.05) is 37.3 Å². The van der Waals surface area contributed by atoms with Gasteiger partial charge in [-0.25, -0.2) is 4.79 Å². The van der Waals surface area contributed by atoms with Crippen molar-refractivity contribution in [1.29, 1.82) is 0 Å². The van der Waals surface area contributed by atoms with Crippen molar-refractivity contribution in [2.75, 3.05) is 12.4 Å². The smallest absolute Gasteiger partial charge is 0.327 e. The topological polar surface area (TPSA) is 66.8 Å². The summed E-state index contributed by atoms with van der Waals surface area (Å²) >= 11 is 1.51. The van der Waals surface area contributed by atoms with Gasteiger partial charge in [0.15, 0.2) is 0 Å². The van der Waals surface area contributed by atoms with Crippen molar-refractivity contribution in [1.82, 2.24) is 4.90 Å². The fourth-order valence-corrected chi connectivity index (χ4v) is 3.68. The highest BCUT2D eigenvalue weighted by atomic mass is 32.2. The number of ether oxygens (including phenoxy) is 1. The van der Waals surface area contributed by atoms with E-state index in [-0.39, 0.29) is 17.9 Å². The first-order valence-electron chi connectivity index (χ1n) is 6.90. The van der Waals surface area contributed by atoms with E-state index in [1.807, 2.05) is 37.3 Å². The Kier molecular flexibility index (Phi) is 5.64. The highest BCUT2D eigenvalue weighted by Crippen LogP contribution is 2.31. The molecule has 2 rings (SSSR count). The Balaban J connectivity index is 1.90. The molecule has 1 aromatic rings. The van der Waals surface area contributed by atoms with Gasteiger partial charge in [-0.05, 0) is 12.0 Å². The molecule has 0 spiro atoms. The summed E-state index contributed by atoms with van der Waals surface area (Å²) in [5.74, 6) is -0.761. The maximum absolute atomic E-state index is 12.2. The van der Waals surface area contributed by atoms with E-state index in [2.05, 4.69) is 0 Å². The van der Waals surface area contributed by atoms with Crippen LogP contribution in [0.1, 0.15) is 18.9 Å². The number of amides is 1. The molecule has 0 aliphatic carbocycles. The van der Waals surface area contributed by atoms with Crippen molar-refractivity contribution in [2.45, 2.75) is 31.4 Å². The molecule has 1 fully saturated rings. The number of carboxylic acid groups (broad SMARTS) is 1. The van der Waals surface area contributed by atoms with Crippen LogP contribution < -0.4 is 0 Å². The maximum Gasteiger partial charge on any atom is 0.327 e. The second-order valence-electron chi connectivity index (χ2n) is 4.83. The van der Waals surface area contributed by atoms with Gasteiger partial charge in [0.25, 0.3) is 0 Å². The average molecular weight is 309 g/mol. The van der Waals surface area contributed by atoms with Crippen LogP contribution in [0, 0.1) is 0 Å². The lowest BCUT2D eigenvalue weighted by Crippen LogP contribution is -2.47. The lowest BCUT2D eigenvalue weighted by molar-refractivity contribution is -0.151. The van der Waals surface area contributed by atoms with Crippen LogP contribution in [-0.4, -0.2) is 45.7 Å². The molecular weight excluding hydrogens is 290 g/mol. The van der Waals surface area contributed by atoms with E-state index in [0.717, 1.165) is 12.0 Å². The molecule has 1 heterocycles. The molecule has 1 aromatic carbocycles. The van der Waals surface area contributed by atoms with Crippen LogP contribution in [0.25, 0.3) is 0 Å². The van der Waals surface area contributed by atoms with Crippen molar-refractivity contribution in [3.63, 3.8) is 0 Å². The molecule has 114 valence electrons. The van der Waals surface area contributed by atoms with Gasteiger partial charge in [0.1, 0.15) is 12.6 Å². The average Bonchev–Trinajstić information content (AvgIpc) is 2.92. The van der Waals surface area contributed by atoms with E-state index in [0.29, 0.717) is 12.4 Å². The molecule has 0 radical (unpaired) electrons. The Morgan fingerprint density at radius 2 is 2.10 bits per heavy atom. The molecule has 0 saturated carbocycles. The van der Waals surface area contributed by atoms with Crippen LogP contribution in [0.4, 0.5) is 0 Å². The third-order valence-electron chi connectivity index (χ3n) is 3.35. The molecule has 5 nitrogen and oxygen atoms in total. The summed E-state index contributed by atoms with van der Waals surface area (Å²) in [6.45, 7) is 2.21. The number of thioether (sulfide) groups is 1. The SMILES string of the molecule is CCC1SCC(C(=O)O)N1C(=O)COCc1ccccc1. The van der Waals surface area contributed by atoms with Gasteiger partial charge in [-0.15, -0.1) is 11.8 Å². The number of hydrogen-bond donors (Lipinski definition) is 1. The second kappa shape index (κ2) is 7.47. The fourth-order valence-electron chi connectivity index (χ4n) is 2.31. The van der Waals surface area contributed by atoms with Crippen molar-refractivity contribution in [3.05, 3.63) is 35.9 Å². The van der Waals surface area contributed by atoms with Crippen molar-refractivity contribution >= 4 is 23.6 Å². The molecule has 0 aromatic heterocycles. The van der Waals surface area contributed by atoms with Gasteiger partial charge in [-0.2, -0.15) is 0 Å². The van der Waals surface area contributed by atoms with E-state index in [1.54, 1.807) is 0 Å². The monoisotopic (exact) mass is 309 g/mol. The van der Waals surface area contributed by atoms with Gasteiger partial charge in [-0.3, -0.25) is 4.79 Å². The summed E-state index contributed by atoms with van der Waals surface area (Å²) in [6, 6.07) is 8.83. The number of rotatable bonds is 6. The number of benzene rings is 1. The Hall–Kier alpha value is -1.53. The Labute approximate surface area is 128 Å². The number of nitrogens with zero attached hydrogens (tertiary/aromatic N) is 1. The number of carboxylic acids is 1. The van der Waals surface area contributed by atoms with E-state index in [4.69, 9.17) is 4.74 Å². The van der Waals surface area contributed by atoms with Crippen LogP contribution in [-0.2, 0) is 20.9 Å². The predicted molar refractivity (Wildman–Crippen MR) is 80.9 cm³/mol. The number of aliphatic carboxylic acids is 1. The lowest BCUT2D eigenvalue weighted by atomic mass is 10.2. The first kappa shape index (κ1) is 15.9. The van der Waals surface area contributed by atoms with Crippen molar-refractivity contribution < 1.29 is 19.4 Å². The molecule has 2 atom stereocenters. The highest BCUT2D eigenvalue weighted by Gasteiger charge is 2.40. The summed E-state index contributed by atoms with van der Waals surface area (Å²) in [5.41, 5.74) is 0.989. The van der Waals surface area contributed by atoms with Gasteiger partial charge in [0.05, 0.1) is 12.0 Å². The predicted octanol–water partition coefficient (Wildman–Crippen LogP) is 1.97. The van der Waals surface area contributed by atoms with Crippen LogP contribution >= 0.6 is 11.8 Å². The van der Waals surface area contributed by atoms with E-state index >= 15 is 0 Å². The van der Waals surface area contributed by atoms with Crippen LogP contribution in [0.5, 0.6) is 0 Å². The standard InChI is InChI=1S/C15H19NO4S/c1-2-14-16(12(10-21-14)15(18)19)13(17)9-20-8-11-6-4-3-5-7-11/h3-7,12,14H,2,8-10H2,1H3,(H,18,19). The van der Waals surface area contributed by atoms with Gasteiger partial charge in [0, 0.05) is 5.75 Å². The Morgan fingerprint density at radius 1 is 1.38 bits per heavy atom.